The highest BCUT2D eigenvalue weighted by molar-refractivity contribution is 7.99. The predicted molar refractivity (Wildman–Crippen MR) is 124 cm³/mol. The minimum absolute atomic E-state index is 0.0785. The highest BCUT2D eigenvalue weighted by Crippen LogP contribution is 2.33. The topological polar surface area (TPSA) is 80.0 Å². The first kappa shape index (κ1) is 21.4. The molecule has 1 fully saturated rings. The van der Waals surface area contributed by atoms with Gasteiger partial charge in [0.2, 0.25) is 5.91 Å². The van der Waals surface area contributed by atoms with Crippen LogP contribution in [0.5, 0.6) is 5.75 Å². The second-order valence-corrected chi connectivity index (χ2v) is 8.80. The Kier molecular flexibility index (Phi) is 6.92. The van der Waals surface area contributed by atoms with Crippen LogP contribution in [-0.2, 0) is 11.3 Å². The van der Waals surface area contributed by atoms with Gasteiger partial charge in [-0.1, -0.05) is 55.3 Å². The van der Waals surface area contributed by atoms with E-state index in [2.05, 4.69) is 27.6 Å². The fourth-order valence-electron chi connectivity index (χ4n) is 4.14. The molecule has 0 saturated heterocycles. The molecule has 0 spiro atoms. The van der Waals surface area contributed by atoms with Crippen molar-refractivity contribution in [1.29, 1.82) is 0 Å². The number of aromatic nitrogens is 3. The summed E-state index contributed by atoms with van der Waals surface area (Å²) in [5.41, 5.74) is 2.82. The van der Waals surface area contributed by atoms with Crippen LogP contribution >= 0.6 is 11.8 Å². The first-order valence-electron chi connectivity index (χ1n) is 10.9. The molecule has 162 valence electrons. The number of nitrogens with zero attached hydrogens (tertiary/aromatic N) is 3. The van der Waals surface area contributed by atoms with Crippen molar-refractivity contribution in [2.45, 2.75) is 56.6 Å². The van der Waals surface area contributed by atoms with Crippen LogP contribution in [0.3, 0.4) is 0 Å². The molecule has 0 bridgehead atoms. The summed E-state index contributed by atoms with van der Waals surface area (Å²) in [6.07, 6.45) is 6.51. The monoisotopic (exact) mass is 436 g/mol. The number of aromatic hydroxyl groups is 1. The number of hydrogen-bond acceptors (Lipinski definition) is 5. The Morgan fingerprint density at radius 1 is 1.10 bits per heavy atom. The number of hydrogen-bond donors (Lipinski definition) is 2. The molecule has 6 nitrogen and oxygen atoms in total. The van der Waals surface area contributed by atoms with E-state index in [9.17, 15) is 9.90 Å². The Morgan fingerprint density at radius 2 is 1.84 bits per heavy atom. The number of phenols is 1. The van der Waals surface area contributed by atoms with E-state index < -0.39 is 0 Å². The normalized spacial score (nSPS) is 14.5. The van der Waals surface area contributed by atoms with Crippen LogP contribution in [0.15, 0.2) is 53.7 Å². The summed E-state index contributed by atoms with van der Waals surface area (Å²) < 4.78 is 1.91. The lowest BCUT2D eigenvalue weighted by molar-refractivity contribution is -0.113. The van der Waals surface area contributed by atoms with Gasteiger partial charge in [0, 0.05) is 12.2 Å². The van der Waals surface area contributed by atoms with Crippen molar-refractivity contribution in [1.82, 2.24) is 14.8 Å². The molecule has 3 aromatic rings. The summed E-state index contributed by atoms with van der Waals surface area (Å²) in [6.45, 7) is 2.63. The van der Waals surface area contributed by atoms with Crippen molar-refractivity contribution in [2.24, 2.45) is 0 Å². The number of nitrogens with one attached hydrogen (secondary N) is 1. The number of anilines is 1. The van der Waals surface area contributed by atoms with Gasteiger partial charge in [-0.15, -0.1) is 10.2 Å². The van der Waals surface area contributed by atoms with Crippen LogP contribution in [-0.4, -0.2) is 31.5 Å². The number of benzene rings is 2. The van der Waals surface area contributed by atoms with Gasteiger partial charge in [-0.05, 0) is 55.5 Å². The first-order chi connectivity index (χ1) is 15.2. The third-order valence-electron chi connectivity index (χ3n) is 5.78. The lowest BCUT2D eigenvalue weighted by Gasteiger charge is -2.22. The summed E-state index contributed by atoms with van der Waals surface area (Å²) in [7, 11) is 0. The maximum Gasteiger partial charge on any atom is 0.234 e. The highest BCUT2D eigenvalue weighted by atomic mass is 32.2. The molecule has 0 aliphatic heterocycles. The molecule has 1 aliphatic carbocycles. The molecule has 7 heteroatoms. The van der Waals surface area contributed by atoms with Crippen molar-refractivity contribution >= 4 is 23.4 Å². The number of carbonyl (C=O) groups excluding carboxylic acids is 1. The molecule has 0 radical (unpaired) electrons. The predicted octanol–water partition coefficient (Wildman–Crippen LogP) is 5.45. The molecule has 0 unspecified atom stereocenters. The number of thioether (sulfide) groups is 1. The standard InChI is InChI=1S/C24H28N4O2S/c1-2-28-23(20-10-6-7-11-21(20)29)26-27-24(28)31-16-22(30)25-19-14-12-18(13-15-19)17-8-4-3-5-9-17/h6-7,10-15,17,29H,2-5,8-9,16H2,1H3,(H,25,30). The number of para-hydroxylation sites is 1. The van der Waals surface area contributed by atoms with Crippen molar-refractivity contribution in [3.05, 3.63) is 54.1 Å². The van der Waals surface area contributed by atoms with Crippen LogP contribution in [0.25, 0.3) is 11.4 Å². The van der Waals surface area contributed by atoms with Crippen LogP contribution in [0.4, 0.5) is 5.69 Å². The van der Waals surface area contributed by atoms with E-state index in [4.69, 9.17) is 0 Å². The maximum absolute atomic E-state index is 12.5. The van der Waals surface area contributed by atoms with Gasteiger partial charge in [-0.25, -0.2) is 0 Å². The minimum atomic E-state index is -0.0785. The van der Waals surface area contributed by atoms with E-state index in [1.807, 2.05) is 35.8 Å². The fraction of sp³-hybridized carbons (Fsp3) is 0.375. The molecule has 2 N–H and O–H groups in total. The zero-order valence-corrected chi connectivity index (χ0v) is 18.6. The molecule has 1 saturated carbocycles. The Morgan fingerprint density at radius 3 is 2.55 bits per heavy atom. The lowest BCUT2D eigenvalue weighted by Crippen LogP contribution is -2.15. The molecule has 1 heterocycles. The SMILES string of the molecule is CCn1c(SCC(=O)Nc2ccc(C3CCCCC3)cc2)nnc1-c1ccccc1O. The number of rotatable bonds is 7. The van der Waals surface area contributed by atoms with E-state index in [1.54, 1.807) is 12.1 Å². The van der Waals surface area contributed by atoms with Gasteiger partial charge in [0.25, 0.3) is 0 Å². The third kappa shape index (κ3) is 5.10. The molecular weight excluding hydrogens is 408 g/mol. The molecule has 1 aliphatic rings. The van der Waals surface area contributed by atoms with Crippen LogP contribution in [0, 0.1) is 0 Å². The summed E-state index contributed by atoms with van der Waals surface area (Å²) in [5.74, 6) is 1.58. The second-order valence-electron chi connectivity index (χ2n) is 7.86. The highest BCUT2D eigenvalue weighted by Gasteiger charge is 2.17. The maximum atomic E-state index is 12.5. The first-order valence-corrected chi connectivity index (χ1v) is 11.9. The number of amides is 1. The minimum Gasteiger partial charge on any atom is -0.507 e. The summed E-state index contributed by atoms with van der Waals surface area (Å²) in [6, 6.07) is 15.3. The van der Waals surface area contributed by atoms with Crippen molar-refractivity contribution in [2.75, 3.05) is 11.1 Å². The van der Waals surface area contributed by atoms with Gasteiger partial charge in [-0.2, -0.15) is 0 Å². The van der Waals surface area contributed by atoms with Crippen LogP contribution in [0.2, 0.25) is 0 Å². The molecular formula is C24H28N4O2S. The van der Waals surface area contributed by atoms with E-state index in [1.165, 1.54) is 49.4 Å². The van der Waals surface area contributed by atoms with Crippen molar-refractivity contribution < 1.29 is 9.90 Å². The van der Waals surface area contributed by atoms with Gasteiger partial charge < -0.3 is 15.0 Å². The van der Waals surface area contributed by atoms with Gasteiger partial charge in [-0.3, -0.25) is 4.79 Å². The molecule has 4 rings (SSSR count). The smallest absolute Gasteiger partial charge is 0.234 e. The average molecular weight is 437 g/mol. The van der Waals surface area contributed by atoms with E-state index >= 15 is 0 Å². The molecule has 1 aromatic heterocycles. The van der Waals surface area contributed by atoms with Gasteiger partial charge in [0.05, 0.1) is 11.3 Å². The van der Waals surface area contributed by atoms with Gasteiger partial charge >= 0.3 is 0 Å². The van der Waals surface area contributed by atoms with Crippen molar-refractivity contribution in [3.8, 4) is 17.1 Å². The van der Waals surface area contributed by atoms with Crippen molar-refractivity contribution in [3.63, 3.8) is 0 Å². The van der Waals surface area contributed by atoms with Gasteiger partial charge in [0.1, 0.15) is 5.75 Å². The fourth-order valence-corrected chi connectivity index (χ4v) is 4.95. The molecule has 0 atom stereocenters. The molecule has 1 amide bonds. The van der Waals surface area contributed by atoms with Gasteiger partial charge in [0.15, 0.2) is 11.0 Å². The lowest BCUT2D eigenvalue weighted by atomic mass is 9.84. The number of carbonyl (C=O) groups is 1. The Balaban J connectivity index is 1.36. The Labute approximate surface area is 187 Å². The Bertz CT molecular complexity index is 1030. The molecule has 2 aromatic carbocycles. The zero-order valence-electron chi connectivity index (χ0n) is 17.8. The largest absolute Gasteiger partial charge is 0.507 e. The van der Waals surface area contributed by atoms with Crippen LogP contribution < -0.4 is 5.32 Å². The van der Waals surface area contributed by atoms with E-state index in [0.717, 1.165) is 5.69 Å². The summed E-state index contributed by atoms with van der Waals surface area (Å²) in [5, 5.41) is 22.2. The van der Waals surface area contributed by atoms with E-state index in [-0.39, 0.29) is 17.4 Å². The zero-order chi connectivity index (χ0) is 21.6. The second kappa shape index (κ2) is 10.0. The van der Waals surface area contributed by atoms with E-state index in [0.29, 0.717) is 29.0 Å². The average Bonchev–Trinajstić information content (AvgIpc) is 3.22. The van der Waals surface area contributed by atoms with Crippen LogP contribution in [0.1, 0.15) is 50.5 Å². The quantitative estimate of drug-likeness (QED) is 0.482. The third-order valence-corrected chi connectivity index (χ3v) is 6.75. The Hall–Kier alpha value is -2.80. The molecule has 31 heavy (non-hydrogen) atoms. The number of phenolic OH excluding ortho intramolecular Hbond substituents is 1. The summed E-state index contributed by atoms with van der Waals surface area (Å²) >= 11 is 1.34. The summed E-state index contributed by atoms with van der Waals surface area (Å²) in [4.78, 5) is 12.5.